The number of rotatable bonds is 8. The van der Waals surface area contributed by atoms with E-state index in [0.717, 1.165) is 11.3 Å². The molecule has 0 saturated heterocycles. The third kappa shape index (κ3) is 5.20. The molecule has 0 spiro atoms. The van der Waals surface area contributed by atoms with E-state index in [4.69, 9.17) is 16.1 Å². The molecule has 0 amide bonds. The number of hydrogen-bond acceptors (Lipinski definition) is 6. The molecule has 11 heteroatoms. The zero-order chi connectivity index (χ0) is 20.2. The van der Waals surface area contributed by atoms with Crippen LogP contribution < -0.4 is 9.25 Å². The molecule has 0 aliphatic rings. The Bertz CT molecular complexity index is 1080. The molecule has 3 rings (SSSR count). The van der Waals surface area contributed by atoms with Gasteiger partial charge >= 0.3 is 7.60 Å². The molecule has 28 heavy (non-hydrogen) atoms. The van der Waals surface area contributed by atoms with Gasteiger partial charge in [-0.25, -0.2) is 18.0 Å². The summed E-state index contributed by atoms with van der Waals surface area (Å²) in [6.07, 6.45) is 1.34. The Morgan fingerprint density at radius 3 is 2.57 bits per heavy atom. The van der Waals surface area contributed by atoms with Gasteiger partial charge in [-0.15, -0.1) is 11.3 Å². The van der Waals surface area contributed by atoms with Crippen molar-refractivity contribution in [3.05, 3.63) is 76.9 Å². The highest BCUT2D eigenvalue weighted by Gasteiger charge is 2.38. The lowest BCUT2D eigenvalue weighted by molar-refractivity contribution is 0.359. The van der Waals surface area contributed by atoms with Gasteiger partial charge in [-0.1, -0.05) is 48.0 Å². The quantitative estimate of drug-likeness (QED) is 0.391. The Balaban J connectivity index is 1.93. The van der Waals surface area contributed by atoms with Gasteiger partial charge in [0.2, 0.25) is 0 Å². The molecule has 1 aromatic carbocycles. The second-order valence-corrected chi connectivity index (χ2v) is 10.9. The topological polar surface area (TPSA) is 106 Å². The second-order valence-electron chi connectivity index (χ2n) is 5.71. The summed E-state index contributed by atoms with van der Waals surface area (Å²) >= 11 is 6.91. The van der Waals surface area contributed by atoms with Crippen LogP contribution in [0, 0.1) is 0 Å². The predicted molar refractivity (Wildman–Crippen MR) is 108 cm³/mol. The highest BCUT2D eigenvalue weighted by Crippen LogP contribution is 2.49. The van der Waals surface area contributed by atoms with Crippen LogP contribution in [0.1, 0.15) is 5.56 Å². The minimum absolute atomic E-state index is 0.0324. The first-order chi connectivity index (χ1) is 13.3. The number of sulfonamides is 1. The van der Waals surface area contributed by atoms with Crippen molar-refractivity contribution < 1.29 is 22.4 Å². The minimum Gasteiger partial charge on any atom is -0.420 e. The van der Waals surface area contributed by atoms with Gasteiger partial charge in [-0.05, 0) is 29.1 Å². The van der Waals surface area contributed by atoms with Gasteiger partial charge in [0.05, 0.1) is 0 Å². The summed E-state index contributed by atoms with van der Waals surface area (Å²) in [6, 6.07) is 14.6. The number of thiophene rings is 1. The Labute approximate surface area is 171 Å². The molecular formula is C17H16ClN2O5PS2. The van der Waals surface area contributed by atoms with Crippen molar-refractivity contribution in [3.63, 3.8) is 0 Å². The molecule has 7 nitrogen and oxygen atoms in total. The summed E-state index contributed by atoms with van der Waals surface area (Å²) in [5.41, 5.74) is 0.663. The van der Waals surface area contributed by atoms with Crippen molar-refractivity contribution >= 4 is 40.6 Å². The first-order valence-corrected chi connectivity index (χ1v) is 12.4. The molecule has 2 unspecified atom stereocenters. The van der Waals surface area contributed by atoms with E-state index in [1.807, 2.05) is 0 Å². The third-order valence-electron chi connectivity index (χ3n) is 3.67. The van der Waals surface area contributed by atoms with Crippen LogP contribution in [-0.2, 0) is 21.0 Å². The van der Waals surface area contributed by atoms with Gasteiger partial charge < -0.3 is 9.42 Å². The Morgan fingerprint density at radius 1 is 1.18 bits per heavy atom. The molecule has 0 fully saturated rings. The highest BCUT2D eigenvalue weighted by molar-refractivity contribution is 7.91. The minimum atomic E-state index is -4.53. The molecule has 0 bridgehead atoms. The lowest BCUT2D eigenvalue weighted by atomic mass is 10.1. The van der Waals surface area contributed by atoms with Crippen LogP contribution in [0.4, 0.5) is 0 Å². The average molecular weight is 459 g/mol. The van der Waals surface area contributed by atoms with E-state index in [2.05, 4.69) is 9.71 Å². The van der Waals surface area contributed by atoms with Crippen molar-refractivity contribution in [2.45, 2.75) is 16.4 Å². The summed E-state index contributed by atoms with van der Waals surface area (Å²) in [7, 11) is -8.54. The molecule has 2 heterocycles. The summed E-state index contributed by atoms with van der Waals surface area (Å²) in [4.78, 5) is 14.4. The summed E-state index contributed by atoms with van der Waals surface area (Å²) in [5, 5.41) is 1.50. The van der Waals surface area contributed by atoms with Crippen LogP contribution in [-0.4, -0.2) is 24.1 Å². The van der Waals surface area contributed by atoms with Crippen LogP contribution in [0.15, 0.2) is 70.4 Å². The summed E-state index contributed by atoms with van der Waals surface area (Å²) < 4.78 is 45.8. The number of nitrogens with one attached hydrogen (secondary N) is 1. The third-order valence-corrected chi connectivity index (χ3v) is 8.56. The molecule has 3 aromatic rings. The van der Waals surface area contributed by atoms with E-state index in [1.54, 1.807) is 41.8 Å². The van der Waals surface area contributed by atoms with Gasteiger partial charge in [-0.2, -0.15) is 4.72 Å². The largest absolute Gasteiger partial charge is 0.420 e. The van der Waals surface area contributed by atoms with Gasteiger partial charge in [0.25, 0.3) is 10.0 Å². The molecule has 0 aliphatic heterocycles. The fourth-order valence-electron chi connectivity index (χ4n) is 2.36. The van der Waals surface area contributed by atoms with E-state index in [9.17, 15) is 17.9 Å². The summed E-state index contributed by atoms with van der Waals surface area (Å²) in [5.74, 6) is -1.54. The van der Waals surface area contributed by atoms with Crippen LogP contribution in [0.25, 0.3) is 0 Å². The lowest BCUT2D eigenvalue weighted by Crippen LogP contribution is -2.37. The van der Waals surface area contributed by atoms with E-state index >= 15 is 0 Å². The molecule has 0 radical (unpaired) electrons. The molecule has 2 N–H and O–H groups in total. The number of nitrogens with zero attached hydrogens (tertiary/aromatic N) is 1. The van der Waals surface area contributed by atoms with Crippen molar-refractivity contribution in [1.29, 1.82) is 0 Å². The number of benzene rings is 1. The average Bonchev–Trinajstić information content (AvgIpc) is 3.19. The van der Waals surface area contributed by atoms with E-state index in [-0.39, 0.29) is 21.5 Å². The van der Waals surface area contributed by atoms with Gasteiger partial charge in [0.15, 0.2) is 10.9 Å². The standard InChI is InChI=1S/C17H16ClN2O5PS2/c18-17-14(8-4-10-19-17)25-26(21,22)15(12-13-6-2-1-3-7-13)20-28(23,24)16-9-5-11-27-16/h1-11,15,20H,12H2,(H,21,22). The van der Waals surface area contributed by atoms with Crippen molar-refractivity contribution in [3.8, 4) is 5.75 Å². The van der Waals surface area contributed by atoms with Gasteiger partial charge in [-0.3, -0.25) is 0 Å². The number of hydrogen-bond donors (Lipinski definition) is 2. The SMILES string of the molecule is O=P(O)(Oc1cccnc1Cl)C(Cc1ccccc1)NS(=O)(=O)c1cccs1. The zero-order valence-corrected chi connectivity index (χ0v) is 17.6. The van der Waals surface area contributed by atoms with Crippen LogP contribution in [0.5, 0.6) is 5.75 Å². The summed E-state index contributed by atoms with van der Waals surface area (Å²) in [6.45, 7) is 0. The van der Waals surface area contributed by atoms with Crippen molar-refractivity contribution in [1.82, 2.24) is 9.71 Å². The molecular weight excluding hydrogens is 443 g/mol. The Kier molecular flexibility index (Phi) is 6.54. The number of pyridine rings is 1. The van der Waals surface area contributed by atoms with E-state index in [0.29, 0.717) is 5.56 Å². The van der Waals surface area contributed by atoms with Crippen LogP contribution >= 0.6 is 30.5 Å². The zero-order valence-electron chi connectivity index (χ0n) is 14.3. The number of aromatic nitrogens is 1. The maximum atomic E-state index is 13.0. The molecule has 2 atom stereocenters. The fraction of sp³-hybridized carbons (Fsp3) is 0.118. The Morgan fingerprint density at radius 2 is 1.93 bits per heavy atom. The van der Waals surface area contributed by atoms with Gasteiger partial charge in [0.1, 0.15) is 9.99 Å². The first-order valence-electron chi connectivity index (χ1n) is 8.00. The van der Waals surface area contributed by atoms with Crippen molar-refractivity contribution in [2.24, 2.45) is 0 Å². The van der Waals surface area contributed by atoms with Crippen LogP contribution in [0.2, 0.25) is 5.15 Å². The molecule has 0 saturated carbocycles. The highest BCUT2D eigenvalue weighted by atomic mass is 35.5. The van der Waals surface area contributed by atoms with Gasteiger partial charge in [0, 0.05) is 12.6 Å². The molecule has 0 aliphatic carbocycles. The Hall–Kier alpha value is -1.74. The maximum Gasteiger partial charge on any atom is 0.394 e. The van der Waals surface area contributed by atoms with E-state index in [1.165, 1.54) is 24.4 Å². The monoisotopic (exact) mass is 458 g/mol. The normalized spacial score (nSPS) is 14.9. The van der Waals surface area contributed by atoms with E-state index < -0.39 is 23.4 Å². The number of halogens is 1. The predicted octanol–water partition coefficient (Wildman–Crippen LogP) is 3.91. The maximum absolute atomic E-state index is 13.0. The van der Waals surface area contributed by atoms with Crippen molar-refractivity contribution in [2.75, 3.05) is 0 Å². The second kappa shape index (κ2) is 8.73. The first kappa shape index (κ1) is 21.0. The molecule has 2 aromatic heterocycles. The molecule has 148 valence electrons. The lowest BCUT2D eigenvalue weighted by Gasteiger charge is -2.24. The smallest absolute Gasteiger partial charge is 0.394 e. The van der Waals surface area contributed by atoms with Crippen LogP contribution in [0.3, 0.4) is 0 Å². The fourth-order valence-corrected chi connectivity index (χ4v) is 6.60.